The summed E-state index contributed by atoms with van der Waals surface area (Å²) in [5.74, 6) is 0.460. The van der Waals surface area contributed by atoms with E-state index in [1.54, 1.807) is 0 Å². The lowest BCUT2D eigenvalue weighted by molar-refractivity contribution is -0.124. The number of hydrogen-bond acceptors (Lipinski definition) is 4. The van der Waals surface area contributed by atoms with Crippen molar-refractivity contribution in [2.24, 2.45) is 5.92 Å². The highest BCUT2D eigenvalue weighted by molar-refractivity contribution is 5.94. The van der Waals surface area contributed by atoms with Crippen molar-refractivity contribution in [2.45, 2.75) is 31.4 Å². The van der Waals surface area contributed by atoms with E-state index in [1.165, 1.54) is 0 Å². The topological polar surface area (TPSA) is 42.0 Å². The fourth-order valence-corrected chi connectivity index (χ4v) is 4.27. The van der Waals surface area contributed by atoms with Crippen molar-refractivity contribution in [2.75, 3.05) is 44.4 Å². The maximum Gasteiger partial charge on any atom is 0.252 e. The van der Waals surface area contributed by atoms with Crippen LogP contribution in [0.1, 0.15) is 19.3 Å². The van der Waals surface area contributed by atoms with Crippen LogP contribution in [0.15, 0.2) is 30.3 Å². The summed E-state index contributed by atoms with van der Waals surface area (Å²) < 4.78 is 11.5. The molecule has 0 N–H and O–H groups in total. The van der Waals surface area contributed by atoms with Crippen molar-refractivity contribution in [3.8, 4) is 0 Å². The van der Waals surface area contributed by atoms with Crippen molar-refractivity contribution < 1.29 is 14.3 Å². The van der Waals surface area contributed by atoms with Gasteiger partial charge in [0.15, 0.2) is 0 Å². The highest BCUT2D eigenvalue weighted by atomic mass is 16.5. The Morgan fingerprint density at radius 3 is 2.58 bits per heavy atom. The summed E-state index contributed by atoms with van der Waals surface area (Å²) in [6.45, 7) is 4.80. The molecule has 130 valence electrons. The average Bonchev–Trinajstić information content (AvgIpc) is 2.82. The van der Waals surface area contributed by atoms with Crippen LogP contribution >= 0.6 is 0 Å². The van der Waals surface area contributed by atoms with E-state index in [2.05, 4.69) is 4.90 Å². The SMILES string of the molecule is O=C1CO[C@H]2CCN(C3CCOCC3)C[C@@H]2CN1c1ccccc1. The van der Waals surface area contributed by atoms with E-state index in [1.807, 2.05) is 35.2 Å². The predicted octanol–water partition coefficient (Wildman–Crippen LogP) is 1.92. The zero-order chi connectivity index (χ0) is 16.4. The minimum atomic E-state index is 0.0771. The number of carbonyl (C=O) groups excluding carboxylic acids is 1. The van der Waals surface area contributed by atoms with Gasteiger partial charge in [-0.1, -0.05) is 18.2 Å². The molecule has 1 aromatic carbocycles. The Hall–Kier alpha value is -1.43. The predicted molar refractivity (Wildman–Crippen MR) is 92.1 cm³/mol. The first kappa shape index (κ1) is 16.1. The maximum absolute atomic E-state index is 12.5. The highest BCUT2D eigenvalue weighted by Crippen LogP contribution is 2.29. The normalized spacial score (nSPS) is 30.0. The lowest BCUT2D eigenvalue weighted by atomic mass is 9.91. The molecular formula is C19H26N2O3. The molecule has 1 amide bonds. The summed E-state index contributed by atoms with van der Waals surface area (Å²) in [4.78, 5) is 17.0. The van der Waals surface area contributed by atoms with Gasteiger partial charge in [0.1, 0.15) is 6.61 Å². The van der Waals surface area contributed by atoms with Crippen LogP contribution < -0.4 is 4.90 Å². The van der Waals surface area contributed by atoms with Crippen molar-refractivity contribution >= 4 is 11.6 Å². The lowest BCUT2D eigenvalue weighted by Gasteiger charge is -2.43. The van der Waals surface area contributed by atoms with Crippen LogP contribution in [0.2, 0.25) is 0 Å². The summed E-state index contributed by atoms with van der Waals surface area (Å²) in [6, 6.07) is 10.6. The van der Waals surface area contributed by atoms with E-state index < -0.39 is 0 Å². The number of ether oxygens (including phenoxy) is 2. The Kier molecular flexibility index (Phi) is 4.83. The molecule has 5 nitrogen and oxygen atoms in total. The Morgan fingerprint density at radius 2 is 1.79 bits per heavy atom. The number of anilines is 1. The summed E-state index contributed by atoms with van der Waals surface area (Å²) in [5.41, 5.74) is 0.981. The second-order valence-electron chi connectivity index (χ2n) is 7.08. The molecule has 0 aliphatic carbocycles. The number of rotatable bonds is 2. The number of hydrogen-bond donors (Lipinski definition) is 0. The van der Waals surface area contributed by atoms with Crippen LogP contribution in [0.5, 0.6) is 0 Å². The minimum Gasteiger partial charge on any atom is -0.381 e. The molecule has 0 spiro atoms. The summed E-state index contributed by atoms with van der Waals surface area (Å²) in [7, 11) is 0. The quantitative estimate of drug-likeness (QED) is 0.831. The molecule has 0 aromatic heterocycles. The van der Waals surface area contributed by atoms with E-state index in [4.69, 9.17) is 9.47 Å². The number of amides is 1. The summed E-state index contributed by atoms with van der Waals surface area (Å²) in [5, 5.41) is 0. The smallest absolute Gasteiger partial charge is 0.252 e. The lowest BCUT2D eigenvalue weighted by Crippen LogP contribution is -2.51. The molecule has 0 radical (unpaired) electrons. The van der Waals surface area contributed by atoms with E-state index >= 15 is 0 Å². The maximum atomic E-state index is 12.5. The molecule has 5 heteroatoms. The number of likely N-dealkylation sites (tertiary alicyclic amines) is 1. The molecule has 1 aromatic rings. The summed E-state index contributed by atoms with van der Waals surface area (Å²) >= 11 is 0. The van der Waals surface area contributed by atoms with Gasteiger partial charge in [-0.15, -0.1) is 0 Å². The van der Waals surface area contributed by atoms with Gasteiger partial charge in [0.05, 0.1) is 6.10 Å². The van der Waals surface area contributed by atoms with Gasteiger partial charge in [-0.2, -0.15) is 0 Å². The molecule has 0 unspecified atom stereocenters. The zero-order valence-corrected chi connectivity index (χ0v) is 14.1. The van der Waals surface area contributed by atoms with Crippen molar-refractivity contribution in [3.63, 3.8) is 0 Å². The molecule has 3 fully saturated rings. The Balaban J connectivity index is 1.48. The van der Waals surface area contributed by atoms with E-state index in [-0.39, 0.29) is 18.6 Å². The average molecular weight is 330 g/mol. The number of nitrogens with zero attached hydrogens (tertiary/aromatic N) is 2. The number of benzene rings is 1. The van der Waals surface area contributed by atoms with Gasteiger partial charge in [-0.05, 0) is 31.4 Å². The van der Waals surface area contributed by atoms with E-state index in [0.29, 0.717) is 12.0 Å². The first-order chi connectivity index (χ1) is 11.8. The molecular weight excluding hydrogens is 304 g/mol. The van der Waals surface area contributed by atoms with Gasteiger partial charge >= 0.3 is 0 Å². The van der Waals surface area contributed by atoms with Crippen molar-refractivity contribution in [1.82, 2.24) is 4.90 Å². The number of fused-ring (bicyclic) bond motifs is 1. The molecule has 24 heavy (non-hydrogen) atoms. The molecule has 2 atom stereocenters. The third-order valence-electron chi connectivity index (χ3n) is 5.61. The van der Waals surface area contributed by atoms with Crippen LogP contribution in [-0.4, -0.2) is 62.4 Å². The van der Waals surface area contributed by atoms with Gasteiger partial charge in [-0.25, -0.2) is 0 Å². The second kappa shape index (κ2) is 7.21. The first-order valence-electron chi connectivity index (χ1n) is 9.10. The van der Waals surface area contributed by atoms with Crippen LogP contribution in [0, 0.1) is 5.92 Å². The standard InChI is InChI=1S/C19H26N2O3/c22-19-14-24-18-6-9-20(16-7-10-23-11-8-16)12-15(18)13-21(19)17-4-2-1-3-5-17/h1-5,15-16,18H,6-14H2/t15-,18+/m1/s1. The monoisotopic (exact) mass is 330 g/mol. The fraction of sp³-hybridized carbons (Fsp3) is 0.632. The van der Waals surface area contributed by atoms with Gasteiger partial charge < -0.3 is 14.4 Å². The van der Waals surface area contributed by atoms with Crippen molar-refractivity contribution in [3.05, 3.63) is 30.3 Å². The Labute approximate surface area is 143 Å². The molecule has 3 saturated heterocycles. The van der Waals surface area contributed by atoms with Crippen LogP contribution in [0.25, 0.3) is 0 Å². The third-order valence-corrected chi connectivity index (χ3v) is 5.61. The second-order valence-corrected chi connectivity index (χ2v) is 7.08. The Bertz CT molecular complexity index is 559. The zero-order valence-electron chi connectivity index (χ0n) is 14.1. The molecule has 4 rings (SSSR count). The fourth-order valence-electron chi connectivity index (χ4n) is 4.27. The largest absolute Gasteiger partial charge is 0.381 e. The number of piperidine rings is 1. The number of carbonyl (C=O) groups is 1. The minimum absolute atomic E-state index is 0.0771. The van der Waals surface area contributed by atoms with Gasteiger partial charge in [0.2, 0.25) is 0 Å². The summed E-state index contributed by atoms with van der Waals surface area (Å²) in [6.07, 6.45) is 3.48. The molecule has 3 aliphatic heterocycles. The highest BCUT2D eigenvalue weighted by Gasteiger charge is 2.38. The van der Waals surface area contributed by atoms with Gasteiger partial charge in [0.25, 0.3) is 5.91 Å². The Morgan fingerprint density at radius 1 is 1.00 bits per heavy atom. The van der Waals surface area contributed by atoms with Crippen molar-refractivity contribution in [1.29, 1.82) is 0 Å². The van der Waals surface area contributed by atoms with Crippen LogP contribution in [0.4, 0.5) is 5.69 Å². The molecule has 0 saturated carbocycles. The number of para-hydroxylation sites is 1. The molecule has 0 bridgehead atoms. The van der Waals surface area contributed by atoms with E-state index in [9.17, 15) is 4.79 Å². The molecule has 3 heterocycles. The van der Waals surface area contributed by atoms with Gasteiger partial charge in [0, 0.05) is 50.5 Å². The molecule has 3 aliphatic rings. The van der Waals surface area contributed by atoms with Gasteiger partial charge in [-0.3, -0.25) is 9.69 Å². The third kappa shape index (κ3) is 3.34. The van der Waals surface area contributed by atoms with E-state index in [0.717, 1.165) is 57.8 Å². The van der Waals surface area contributed by atoms with Crippen LogP contribution in [-0.2, 0) is 14.3 Å². The first-order valence-corrected chi connectivity index (χ1v) is 9.10. The van der Waals surface area contributed by atoms with Crippen LogP contribution in [0.3, 0.4) is 0 Å².